The number of carbonyl (C=O) groups excluding carboxylic acids is 2. The molecule has 1 saturated heterocycles. The van der Waals surface area contributed by atoms with Crippen molar-refractivity contribution in [1.29, 1.82) is 0 Å². The number of hydrogen-bond donors (Lipinski definition) is 2. The molecule has 41 heavy (non-hydrogen) atoms. The second kappa shape index (κ2) is 9.87. The Bertz CT molecular complexity index is 1600. The van der Waals surface area contributed by atoms with Gasteiger partial charge < -0.3 is 14.8 Å². The van der Waals surface area contributed by atoms with Crippen LogP contribution in [-0.4, -0.2) is 44.1 Å². The first-order chi connectivity index (χ1) is 19.8. The van der Waals surface area contributed by atoms with Crippen molar-refractivity contribution < 1.29 is 24.2 Å². The topological polar surface area (TPSA) is 117 Å². The zero-order chi connectivity index (χ0) is 28.6. The summed E-state index contributed by atoms with van der Waals surface area (Å²) in [6.45, 7) is 3.86. The number of hydrogen-bond acceptors (Lipinski definition) is 7. The largest absolute Gasteiger partial charge is 0.489 e. The molecular formula is C31H30N2O6S2. The molecule has 3 fully saturated rings. The predicted octanol–water partition coefficient (Wildman–Crippen LogP) is 4.60. The van der Waals surface area contributed by atoms with E-state index >= 15 is 0 Å². The molecule has 3 aromatic rings. The molecule has 2 aliphatic heterocycles. The number of thioether (sulfide) groups is 1. The van der Waals surface area contributed by atoms with Crippen LogP contribution in [0.15, 0.2) is 64.4 Å². The van der Waals surface area contributed by atoms with Crippen LogP contribution < -0.4 is 9.61 Å². The summed E-state index contributed by atoms with van der Waals surface area (Å²) in [4.78, 5) is 57.3. The fourth-order valence-electron chi connectivity index (χ4n) is 7.96. The number of amides is 2. The minimum absolute atomic E-state index is 0.00528. The van der Waals surface area contributed by atoms with Crippen molar-refractivity contribution in [3.8, 4) is 5.75 Å². The van der Waals surface area contributed by atoms with Gasteiger partial charge in [0, 0.05) is 21.6 Å². The molecule has 7 rings (SSSR count). The van der Waals surface area contributed by atoms with Gasteiger partial charge in [-0.3, -0.25) is 19.3 Å². The lowest BCUT2D eigenvalue weighted by molar-refractivity contribution is -0.157. The Morgan fingerprint density at radius 2 is 1.71 bits per heavy atom. The van der Waals surface area contributed by atoms with Crippen LogP contribution >= 0.6 is 23.1 Å². The van der Waals surface area contributed by atoms with Crippen LogP contribution in [0.25, 0.3) is 0 Å². The third-order valence-electron chi connectivity index (χ3n) is 9.41. The molecule has 4 aliphatic rings. The maximum atomic E-state index is 13.9. The quantitative estimate of drug-likeness (QED) is 0.387. The minimum Gasteiger partial charge on any atom is -0.489 e. The molecule has 8 atom stereocenters. The Kier molecular flexibility index (Phi) is 6.39. The number of carboxylic acids is 1. The van der Waals surface area contributed by atoms with E-state index in [-0.39, 0.29) is 45.6 Å². The van der Waals surface area contributed by atoms with E-state index in [1.54, 1.807) is 25.6 Å². The van der Waals surface area contributed by atoms with Crippen molar-refractivity contribution >= 4 is 40.9 Å². The number of benzene rings is 2. The number of rotatable bonds is 7. The number of para-hydroxylation sites is 1. The van der Waals surface area contributed by atoms with Gasteiger partial charge in [-0.1, -0.05) is 73.7 Å². The highest BCUT2D eigenvalue weighted by atomic mass is 32.2. The van der Waals surface area contributed by atoms with E-state index in [1.807, 2.05) is 54.6 Å². The van der Waals surface area contributed by atoms with Crippen molar-refractivity contribution in [2.75, 3.05) is 0 Å². The third kappa shape index (κ3) is 4.01. The lowest BCUT2D eigenvalue weighted by Gasteiger charge is -2.43. The molecule has 2 amide bonds. The van der Waals surface area contributed by atoms with Crippen molar-refractivity contribution in [1.82, 2.24) is 9.88 Å². The van der Waals surface area contributed by atoms with E-state index in [0.717, 1.165) is 38.1 Å². The van der Waals surface area contributed by atoms with Gasteiger partial charge in [-0.2, -0.15) is 0 Å². The van der Waals surface area contributed by atoms with Crippen molar-refractivity contribution in [2.24, 2.45) is 35.5 Å². The number of ether oxygens (including phenoxy) is 1. The smallest absolute Gasteiger partial charge is 0.327 e. The van der Waals surface area contributed by atoms with Gasteiger partial charge in [0.15, 0.2) is 0 Å². The first kappa shape index (κ1) is 26.5. The highest BCUT2D eigenvalue weighted by Gasteiger charge is 2.70. The van der Waals surface area contributed by atoms with E-state index in [4.69, 9.17) is 4.74 Å². The minimum atomic E-state index is -1.17. The lowest BCUT2D eigenvalue weighted by Crippen LogP contribution is -2.49. The van der Waals surface area contributed by atoms with E-state index in [1.165, 1.54) is 11.3 Å². The Morgan fingerprint density at radius 1 is 1.02 bits per heavy atom. The summed E-state index contributed by atoms with van der Waals surface area (Å²) in [7, 11) is 0. The molecule has 7 unspecified atom stereocenters. The van der Waals surface area contributed by atoms with Gasteiger partial charge in [0.2, 0.25) is 11.8 Å². The fourth-order valence-corrected chi connectivity index (χ4v) is 10.8. The molecule has 2 aliphatic carbocycles. The number of likely N-dealkylation sites (tertiary alicyclic amines) is 1. The Balaban J connectivity index is 1.29. The molecular weight excluding hydrogens is 560 g/mol. The first-order valence-electron chi connectivity index (χ1n) is 14.0. The second-order valence-corrected chi connectivity index (χ2v) is 14.0. The molecule has 2 saturated carbocycles. The van der Waals surface area contributed by atoms with E-state index in [9.17, 15) is 24.3 Å². The number of carbonyl (C=O) groups is 3. The van der Waals surface area contributed by atoms with Gasteiger partial charge in [-0.05, 0) is 41.7 Å². The van der Waals surface area contributed by atoms with Crippen LogP contribution in [0.4, 0.5) is 0 Å². The summed E-state index contributed by atoms with van der Waals surface area (Å²) in [5, 5.41) is 10.8. The van der Waals surface area contributed by atoms with Crippen molar-refractivity contribution in [2.45, 2.75) is 49.1 Å². The number of thiazole rings is 1. The molecule has 2 bridgehead atoms. The highest BCUT2D eigenvalue weighted by Crippen LogP contribution is 2.69. The van der Waals surface area contributed by atoms with Gasteiger partial charge in [0.1, 0.15) is 18.4 Å². The number of nitrogens with one attached hydrogen (secondary N) is 1. The second-order valence-electron chi connectivity index (χ2n) is 11.8. The van der Waals surface area contributed by atoms with Crippen molar-refractivity contribution in [3.05, 3.63) is 80.3 Å². The van der Waals surface area contributed by atoms with E-state index in [2.05, 4.69) is 4.98 Å². The zero-order valence-corrected chi connectivity index (χ0v) is 24.2. The number of nitrogens with zero attached hydrogens (tertiary/aromatic N) is 1. The standard InChI is InChI=1S/C31H30N2O6S2/c1-14(2)24(30(36)37)33-28(34)22-17-12-18(23(22)29(33)35)25-21(17)20(26-27(40-25)32-31(38)41-26)16-10-6-7-11-19(16)39-13-15-8-4-3-5-9-15/h3-11,14,17-18,20-25H,12-13H2,1-2H3,(H,32,38)(H,36,37)/t17?,18?,20-,21?,22?,23?,24?,25?/m1/s1. The van der Waals surface area contributed by atoms with E-state index < -0.39 is 29.8 Å². The summed E-state index contributed by atoms with van der Waals surface area (Å²) in [5.41, 5.74) is 2.01. The number of aromatic nitrogens is 1. The Hall–Kier alpha value is -3.37. The normalized spacial score (nSPS) is 30.3. The maximum Gasteiger partial charge on any atom is 0.327 e. The zero-order valence-electron chi connectivity index (χ0n) is 22.6. The van der Waals surface area contributed by atoms with E-state index in [0.29, 0.717) is 6.61 Å². The van der Waals surface area contributed by atoms with Crippen LogP contribution in [0, 0.1) is 35.5 Å². The third-order valence-corrected chi connectivity index (χ3v) is 12.0. The summed E-state index contributed by atoms with van der Waals surface area (Å²) >= 11 is 2.82. The number of aliphatic carboxylic acids is 1. The fraction of sp³-hybridized carbons (Fsp3) is 0.419. The molecule has 0 spiro atoms. The van der Waals surface area contributed by atoms with Gasteiger partial charge in [0.05, 0.1) is 16.9 Å². The molecule has 2 N–H and O–H groups in total. The average molecular weight is 591 g/mol. The first-order valence-corrected chi connectivity index (χ1v) is 15.7. The van der Waals surface area contributed by atoms with Gasteiger partial charge >= 0.3 is 10.8 Å². The van der Waals surface area contributed by atoms with Gasteiger partial charge in [0.25, 0.3) is 0 Å². The Morgan fingerprint density at radius 3 is 2.41 bits per heavy atom. The van der Waals surface area contributed by atoms with Gasteiger partial charge in [-0.25, -0.2) is 4.79 Å². The highest BCUT2D eigenvalue weighted by molar-refractivity contribution is 8.00. The molecule has 8 nitrogen and oxygen atoms in total. The molecule has 0 radical (unpaired) electrons. The number of H-pyrrole nitrogens is 1. The van der Waals surface area contributed by atoms with Crippen LogP contribution in [-0.2, 0) is 21.0 Å². The SMILES string of the molecule is CC(C)C(C(=O)O)N1C(=O)C2C3CC(C2C1=O)C1C3Sc2[nH]c(=O)sc2[C@@H]1c1ccccc1OCc1ccccc1. The van der Waals surface area contributed by atoms with Gasteiger partial charge in [-0.15, -0.1) is 11.8 Å². The van der Waals surface area contributed by atoms with Crippen molar-refractivity contribution in [3.63, 3.8) is 0 Å². The molecule has 1 aromatic heterocycles. The maximum absolute atomic E-state index is 13.9. The molecule has 3 heterocycles. The Labute approximate surface area is 245 Å². The summed E-state index contributed by atoms with van der Waals surface area (Å²) < 4.78 is 6.37. The summed E-state index contributed by atoms with van der Waals surface area (Å²) in [5.74, 6) is -2.90. The average Bonchev–Trinajstić information content (AvgIpc) is 3.68. The van der Waals surface area contributed by atoms with Crippen LogP contribution in [0.5, 0.6) is 5.75 Å². The van der Waals surface area contributed by atoms with Crippen LogP contribution in [0.1, 0.15) is 42.2 Å². The summed E-state index contributed by atoms with van der Waals surface area (Å²) in [6, 6.07) is 16.7. The molecule has 2 aromatic carbocycles. The van der Waals surface area contributed by atoms with Crippen LogP contribution in [0.3, 0.4) is 0 Å². The monoisotopic (exact) mass is 590 g/mol. The number of imide groups is 1. The number of aromatic amines is 1. The number of fused-ring (bicyclic) bond motifs is 9. The number of carboxylic acid groups (broad SMARTS) is 1. The predicted molar refractivity (Wildman–Crippen MR) is 154 cm³/mol. The molecule has 212 valence electrons. The molecule has 10 heteroatoms. The lowest BCUT2D eigenvalue weighted by atomic mass is 9.68. The van der Waals surface area contributed by atoms with Crippen LogP contribution in [0.2, 0.25) is 0 Å². The summed E-state index contributed by atoms with van der Waals surface area (Å²) in [6.07, 6.45) is 0.741.